The van der Waals surface area contributed by atoms with E-state index in [1.54, 1.807) is 0 Å². The van der Waals surface area contributed by atoms with Gasteiger partial charge >= 0.3 is 42.2 Å². The number of carbonyl (C=O) groups is 1. The maximum atomic E-state index is 12.9. The van der Waals surface area contributed by atoms with Gasteiger partial charge in [0.05, 0.1) is 0 Å². The fourth-order valence-electron chi connectivity index (χ4n) is 0.958. The summed E-state index contributed by atoms with van der Waals surface area (Å²) in [5.41, 5.74) is 0. The molecule has 23 heavy (non-hydrogen) atoms. The van der Waals surface area contributed by atoms with Crippen molar-refractivity contribution in [2.45, 2.75) is 36.2 Å². The third-order valence-electron chi connectivity index (χ3n) is 2.24. The van der Waals surface area contributed by atoms with Crippen molar-refractivity contribution in [1.82, 2.24) is 0 Å². The number of rotatable bonds is 7. The summed E-state index contributed by atoms with van der Waals surface area (Å²) in [4.78, 5) is 10.3. The molecule has 14 heteroatoms. The molecule has 0 unspecified atom stereocenters. The Bertz CT molecular complexity index is 469. The highest BCUT2D eigenvalue weighted by Gasteiger charge is 2.89. The zero-order chi connectivity index (χ0) is 19.1. The van der Waals surface area contributed by atoms with Crippen LogP contribution in [0.3, 0.4) is 0 Å². The van der Waals surface area contributed by atoms with Gasteiger partial charge in [-0.15, -0.1) is 0 Å². The number of carbonyl (C=O) groups excluding carboxylic acids is 1. The van der Waals surface area contributed by atoms with Crippen LogP contribution in [0.2, 0.25) is 0 Å². The van der Waals surface area contributed by atoms with E-state index in [-0.39, 0.29) is 6.08 Å². The summed E-state index contributed by atoms with van der Waals surface area (Å²) in [6.07, 6.45) is -12.6. The van der Waals surface area contributed by atoms with Crippen molar-refractivity contribution >= 4 is 5.97 Å². The Labute approximate surface area is 118 Å². The lowest BCUT2D eigenvalue weighted by atomic mass is 9.98. The molecule has 0 heterocycles. The number of ether oxygens (including phenoxy) is 1. The van der Waals surface area contributed by atoms with Crippen LogP contribution < -0.4 is 0 Å². The fraction of sp³-hybridized carbons (Fsp3) is 0.667. The van der Waals surface area contributed by atoms with Gasteiger partial charge in [-0.2, -0.15) is 43.9 Å². The van der Waals surface area contributed by atoms with Crippen molar-refractivity contribution in [1.29, 1.82) is 0 Å². The van der Waals surface area contributed by atoms with Crippen LogP contribution in [0.5, 0.6) is 0 Å². The number of alkyl halides is 12. The minimum atomic E-state index is -7.73. The summed E-state index contributed by atoms with van der Waals surface area (Å²) in [7, 11) is 0. The SMILES string of the molecule is C=CC(=O)OC(F)(F)C(F)(F)C(F)(F)C(F)(F)C(F)(F)C(F)F. The smallest absolute Gasteiger partial charge is 0.393 e. The second kappa shape index (κ2) is 5.78. The lowest BCUT2D eigenvalue weighted by Gasteiger charge is -2.38. The highest BCUT2D eigenvalue weighted by molar-refractivity contribution is 5.81. The van der Waals surface area contributed by atoms with E-state index < -0.39 is 42.2 Å². The first-order valence-corrected chi connectivity index (χ1v) is 4.92. The molecule has 0 aliphatic rings. The molecule has 0 rings (SSSR count). The Balaban J connectivity index is 6.06. The Hall–Kier alpha value is -1.63. The molecule has 0 saturated heterocycles. The minimum Gasteiger partial charge on any atom is -0.393 e. The molecule has 0 saturated carbocycles. The molecule has 0 atom stereocenters. The normalized spacial score (nSPS) is 14.8. The largest absolute Gasteiger partial charge is 0.473 e. The van der Waals surface area contributed by atoms with E-state index in [1.165, 1.54) is 0 Å². The third-order valence-corrected chi connectivity index (χ3v) is 2.24. The standard InChI is InChI=1S/C9H4F12O2/c1-2-3(22)23-9(20,21)8(18,19)7(16,17)6(14,15)5(12,13)4(10)11/h2,4H,1H2. The molecular formula is C9H4F12O2. The molecule has 0 aromatic rings. The summed E-state index contributed by atoms with van der Waals surface area (Å²) < 4.78 is 153. The summed E-state index contributed by atoms with van der Waals surface area (Å²) in [5, 5.41) is 0. The molecule has 0 aromatic heterocycles. The summed E-state index contributed by atoms with van der Waals surface area (Å²) in [6, 6.07) is 0. The highest BCUT2D eigenvalue weighted by Crippen LogP contribution is 2.58. The zero-order valence-electron chi connectivity index (χ0n) is 10.2. The van der Waals surface area contributed by atoms with Crippen molar-refractivity contribution < 1.29 is 62.2 Å². The van der Waals surface area contributed by atoms with Crippen molar-refractivity contribution in [3.05, 3.63) is 12.7 Å². The molecule has 0 aliphatic heterocycles. The van der Waals surface area contributed by atoms with Crippen LogP contribution in [0.25, 0.3) is 0 Å². The van der Waals surface area contributed by atoms with E-state index in [9.17, 15) is 57.5 Å². The summed E-state index contributed by atoms with van der Waals surface area (Å²) in [5.74, 6) is -32.4. The summed E-state index contributed by atoms with van der Waals surface area (Å²) >= 11 is 0. The van der Waals surface area contributed by atoms with E-state index in [4.69, 9.17) is 0 Å². The van der Waals surface area contributed by atoms with Gasteiger partial charge in [-0.1, -0.05) is 6.58 Å². The van der Waals surface area contributed by atoms with Crippen LogP contribution in [0.4, 0.5) is 52.7 Å². The fourth-order valence-corrected chi connectivity index (χ4v) is 0.958. The van der Waals surface area contributed by atoms with Crippen LogP contribution in [0, 0.1) is 0 Å². The topological polar surface area (TPSA) is 26.3 Å². The molecule has 0 fully saturated rings. The van der Waals surface area contributed by atoms with E-state index in [1.807, 2.05) is 0 Å². The molecule has 0 spiro atoms. The van der Waals surface area contributed by atoms with Crippen LogP contribution in [0.15, 0.2) is 12.7 Å². The van der Waals surface area contributed by atoms with E-state index in [2.05, 4.69) is 11.3 Å². The molecule has 0 aromatic carbocycles. The van der Waals surface area contributed by atoms with Gasteiger partial charge in [-0.3, -0.25) is 0 Å². The Morgan fingerprint density at radius 1 is 0.826 bits per heavy atom. The monoisotopic (exact) mass is 372 g/mol. The van der Waals surface area contributed by atoms with E-state index >= 15 is 0 Å². The second-order valence-electron chi connectivity index (χ2n) is 3.79. The first-order chi connectivity index (χ1) is 9.90. The molecule has 0 bridgehead atoms. The molecular weight excluding hydrogens is 368 g/mol. The maximum Gasteiger partial charge on any atom is 0.473 e. The number of hydrogen-bond donors (Lipinski definition) is 0. The third kappa shape index (κ3) is 3.06. The lowest BCUT2D eigenvalue weighted by molar-refractivity contribution is -0.443. The van der Waals surface area contributed by atoms with Gasteiger partial charge in [-0.25, -0.2) is 13.6 Å². The molecule has 0 radical (unpaired) electrons. The molecule has 2 nitrogen and oxygen atoms in total. The van der Waals surface area contributed by atoms with Gasteiger partial charge < -0.3 is 4.74 Å². The van der Waals surface area contributed by atoms with E-state index in [0.717, 1.165) is 0 Å². The van der Waals surface area contributed by atoms with Gasteiger partial charge in [0, 0.05) is 6.08 Å². The average molecular weight is 372 g/mol. The average Bonchev–Trinajstić information content (AvgIpc) is 2.36. The second-order valence-corrected chi connectivity index (χ2v) is 3.79. The first kappa shape index (κ1) is 21.4. The lowest BCUT2D eigenvalue weighted by Crippen LogP contribution is -2.69. The van der Waals surface area contributed by atoms with Crippen molar-refractivity contribution in [3.8, 4) is 0 Å². The van der Waals surface area contributed by atoms with Crippen LogP contribution in [-0.4, -0.2) is 42.2 Å². The first-order valence-electron chi connectivity index (χ1n) is 4.92. The Kier molecular flexibility index (Phi) is 5.37. The van der Waals surface area contributed by atoms with Gasteiger partial charge in [0.2, 0.25) is 0 Å². The molecule has 136 valence electrons. The number of halogens is 12. The quantitative estimate of drug-likeness (QED) is 0.382. The van der Waals surface area contributed by atoms with Crippen LogP contribution in [0.1, 0.15) is 0 Å². The minimum absolute atomic E-state index is 0.270. The van der Waals surface area contributed by atoms with Crippen molar-refractivity contribution in [2.75, 3.05) is 0 Å². The molecule has 0 amide bonds. The van der Waals surface area contributed by atoms with Gasteiger partial charge in [0.25, 0.3) is 0 Å². The molecule has 0 aliphatic carbocycles. The predicted molar refractivity (Wildman–Crippen MR) is 47.0 cm³/mol. The van der Waals surface area contributed by atoms with Crippen molar-refractivity contribution in [3.63, 3.8) is 0 Å². The van der Waals surface area contributed by atoms with Crippen LogP contribution >= 0.6 is 0 Å². The van der Waals surface area contributed by atoms with Gasteiger partial charge in [0.15, 0.2) is 0 Å². The zero-order valence-corrected chi connectivity index (χ0v) is 10.2. The van der Waals surface area contributed by atoms with E-state index in [0.29, 0.717) is 0 Å². The summed E-state index contributed by atoms with van der Waals surface area (Å²) in [6.45, 7) is 2.39. The Morgan fingerprint density at radius 2 is 1.22 bits per heavy atom. The Morgan fingerprint density at radius 3 is 1.52 bits per heavy atom. The van der Waals surface area contributed by atoms with Crippen molar-refractivity contribution in [2.24, 2.45) is 0 Å². The molecule has 0 N–H and O–H groups in total. The number of hydrogen-bond acceptors (Lipinski definition) is 2. The van der Waals surface area contributed by atoms with Gasteiger partial charge in [0.1, 0.15) is 0 Å². The maximum absolute atomic E-state index is 12.9. The highest BCUT2D eigenvalue weighted by atomic mass is 19.4. The van der Waals surface area contributed by atoms with Crippen LogP contribution in [-0.2, 0) is 9.53 Å². The van der Waals surface area contributed by atoms with Gasteiger partial charge in [-0.05, 0) is 0 Å². The predicted octanol–water partition coefficient (Wildman–Crippen LogP) is 4.11. The number of esters is 1.